The van der Waals surface area contributed by atoms with Gasteiger partial charge in [-0.1, -0.05) is 42.5 Å². The Morgan fingerprint density at radius 2 is 1.62 bits per heavy atom. The van der Waals surface area contributed by atoms with E-state index in [2.05, 4.69) is 25.3 Å². The van der Waals surface area contributed by atoms with Crippen molar-refractivity contribution in [1.29, 1.82) is 0 Å². The fraction of sp³-hybridized carbons (Fsp3) is 0.158. The number of hydrogen-bond acceptors (Lipinski definition) is 2. The van der Waals surface area contributed by atoms with Crippen molar-refractivity contribution in [2.75, 3.05) is 6.79 Å². The first-order valence-electron chi connectivity index (χ1n) is 6.97. The Labute approximate surface area is 126 Å². The molecular weight excluding hydrogens is 260 g/mol. The van der Waals surface area contributed by atoms with E-state index in [4.69, 9.17) is 9.47 Å². The molecule has 2 aromatic carbocycles. The molecule has 0 aromatic heterocycles. The Bertz CT molecular complexity index is 588. The van der Waals surface area contributed by atoms with Crippen LogP contribution < -0.4 is 9.47 Å². The predicted molar refractivity (Wildman–Crippen MR) is 86.8 cm³/mol. The molecule has 0 saturated heterocycles. The van der Waals surface area contributed by atoms with Gasteiger partial charge in [-0.15, -0.1) is 13.2 Å². The maximum Gasteiger partial charge on any atom is 0.230 e. The lowest BCUT2D eigenvalue weighted by Gasteiger charge is -2.13. The van der Waals surface area contributed by atoms with Gasteiger partial charge in [0.1, 0.15) is 11.5 Å². The van der Waals surface area contributed by atoms with Crippen molar-refractivity contribution < 1.29 is 9.47 Å². The summed E-state index contributed by atoms with van der Waals surface area (Å²) >= 11 is 0. The van der Waals surface area contributed by atoms with Crippen molar-refractivity contribution >= 4 is 0 Å². The van der Waals surface area contributed by atoms with E-state index >= 15 is 0 Å². The first kappa shape index (κ1) is 14.9. The summed E-state index contributed by atoms with van der Waals surface area (Å²) in [6.45, 7) is 7.73. The second-order valence-corrected chi connectivity index (χ2v) is 4.65. The zero-order valence-electron chi connectivity index (χ0n) is 12.1. The lowest BCUT2D eigenvalue weighted by molar-refractivity contribution is 0.119. The standard InChI is InChI=1S/C19H20O2/c1-3-8-16-12-13-17(9-4-2)19(14-16)21-15-20-18-10-6-5-7-11-18/h3-7,10-14H,1-2,8-9,15H2. The molecule has 0 bridgehead atoms. The molecule has 0 unspecified atom stereocenters. The number of hydrogen-bond donors (Lipinski definition) is 0. The second kappa shape index (κ2) is 7.95. The van der Waals surface area contributed by atoms with E-state index < -0.39 is 0 Å². The third-order valence-electron chi connectivity index (χ3n) is 3.06. The molecular formula is C19H20O2. The monoisotopic (exact) mass is 280 g/mol. The largest absolute Gasteiger partial charge is 0.458 e. The van der Waals surface area contributed by atoms with Crippen LogP contribution in [0.4, 0.5) is 0 Å². The van der Waals surface area contributed by atoms with Crippen LogP contribution in [0.5, 0.6) is 11.5 Å². The van der Waals surface area contributed by atoms with Gasteiger partial charge in [-0.25, -0.2) is 0 Å². The molecule has 2 aromatic rings. The van der Waals surface area contributed by atoms with Gasteiger partial charge in [0.05, 0.1) is 0 Å². The average Bonchev–Trinajstić information content (AvgIpc) is 2.51. The average molecular weight is 280 g/mol. The van der Waals surface area contributed by atoms with Crippen LogP contribution in [0.25, 0.3) is 0 Å². The van der Waals surface area contributed by atoms with Crippen LogP contribution in [-0.2, 0) is 12.8 Å². The molecule has 0 aliphatic heterocycles. The Balaban J connectivity index is 2.03. The van der Waals surface area contributed by atoms with Crippen LogP contribution in [-0.4, -0.2) is 6.79 Å². The lowest BCUT2D eigenvalue weighted by Crippen LogP contribution is -2.07. The highest BCUT2D eigenvalue weighted by molar-refractivity contribution is 5.39. The van der Waals surface area contributed by atoms with Crippen molar-refractivity contribution in [3.05, 3.63) is 85.0 Å². The highest BCUT2D eigenvalue weighted by Gasteiger charge is 2.04. The molecule has 2 rings (SSSR count). The molecule has 21 heavy (non-hydrogen) atoms. The van der Waals surface area contributed by atoms with E-state index in [9.17, 15) is 0 Å². The van der Waals surface area contributed by atoms with Crippen LogP contribution in [0, 0.1) is 0 Å². The molecule has 108 valence electrons. The smallest absolute Gasteiger partial charge is 0.230 e. The van der Waals surface area contributed by atoms with Crippen LogP contribution in [0.2, 0.25) is 0 Å². The Morgan fingerprint density at radius 1 is 0.857 bits per heavy atom. The van der Waals surface area contributed by atoms with Crippen molar-refractivity contribution in [2.45, 2.75) is 12.8 Å². The van der Waals surface area contributed by atoms with E-state index in [-0.39, 0.29) is 6.79 Å². The fourth-order valence-electron chi connectivity index (χ4n) is 2.03. The maximum atomic E-state index is 5.78. The molecule has 0 aliphatic carbocycles. The van der Waals surface area contributed by atoms with E-state index in [0.29, 0.717) is 0 Å². The molecule has 0 radical (unpaired) electrons. The molecule has 0 N–H and O–H groups in total. The van der Waals surface area contributed by atoms with Gasteiger partial charge in [0.15, 0.2) is 0 Å². The molecule has 0 heterocycles. The molecule has 2 heteroatoms. The zero-order valence-corrected chi connectivity index (χ0v) is 12.1. The van der Waals surface area contributed by atoms with E-state index in [1.165, 1.54) is 5.56 Å². The third kappa shape index (κ3) is 4.53. The van der Waals surface area contributed by atoms with Gasteiger partial charge in [-0.05, 0) is 42.2 Å². The minimum atomic E-state index is 0.186. The number of rotatable bonds is 8. The van der Waals surface area contributed by atoms with Gasteiger partial charge in [0, 0.05) is 0 Å². The Hall–Kier alpha value is -2.48. The number of benzene rings is 2. The predicted octanol–water partition coefficient (Wildman–Crippen LogP) is 4.56. The van der Waals surface area contributed by atoms with Gasteiger partial charge in [0.25, 0.3) is 0 Å². The van der Waals surface area contributed by atoms with Gasteiger partial charge in [-0.3, -0.25) is 0 Å². The quantitative estimate of drug-likeness (QED) is 0.521. The summed E-state index contributed by atoms with van der Waals surface area (Å²) in [6.07, 6.45) is 5.35. The van der Waals surface area contributed by atoms with E-state index in [1.807, 2.05) is 48.6 Å². The molecule has 0 atom stereocenters. The summed E-state index contributed by atoms with van der Waals surface area (Å²) in [4.78, 5) is 0. The summed E-state index contributed by atoms with van der Waals surface area (Å²) in [5, 5.41) is 0. The van der Waals surface area contributed by atoms with Crippen LogP contribution in [0.1, 0.15) is 11.1 Å². The van der Waals surface area contributed by atoms with E-state index in [1.54, 1.807) is 0 Å². The van der Waals surface area contributed by atoms with Crippen molar-refractivity contribution in [1.82, 2.24) is 0 Å². The molecule has 0 aliphatic rings. The molecule has 0 fully saturated rings. The van der Waals surface area contributed by atoms with Crippen molar-refractivity contribution in [2.24, 2.45) is 0 Å². The number of ether oxygens (including phenoxy) is 2. The highest BCUT2D eigenvalue weighted by atomic mass is 16.7. The summed E-state index contributed by atoms with van der Waals surface area (Å²) < 4.78 is 11.4. The first-order chi connectivity index (χ1) is 10.3. The topological polar surface area (TPSA) is 18.5 Å². The summed E-state index contributed by atoms with van der Waals surface area (Å²) in [5.41, 5.74) is 2.28. The van der Waals surface area contributed by atoms with Gasteiger partial charge in [-0.2, -0.15) is 0 Å². The summed E-state index contributed by atoms with van der Waals surface area (Å²) in [6, 6.07) is 15.8. The summed E-state index contributed by atoms with van der Waals surface area (Å²) in [7, 11) is 0. The third-order valence-corrected chi connectivity index (χ3v) is 3.06. The normalized spacial score (nSPS) is 9.90. The molecule has 0 spiro atoms. The maximum absolute atomic E-state index is 5.78. The summed E-state index contributed by atoms with van der Waals surface area (Å²) in [5.74, 6) is 1.63. The minimum absolute atomic E-state index is 0.186. The van der Waals surface area contributed by atoms with Crippen LogP contribution in [0.3, 0.4) is 0 Å². The highest BCUT2D eigenvalue weighted by Crippen LogP contribution is 2.22. The molecule has 2 nitrogen and oxygen atoms in total. The SMILES string of the molecule is C=CCc1ccc(CC=C)c(OCOc2ccccc2)c1. The zero-order chi connectivity index (χ0) is 14.9. The lowest BCUT2D eigenvalue weighted by atomic mass is 10.1. The van der Waals surface area contributed by atoms with Crippen LogP contribution >= 0.6 is 0 Å². The van der Waals surface area contributed by atoms with Gasteiger partial charge < -0.3 is 9.47 Å². The fourth-order valence-corrected chi connectivity index (χ4v) is 2.03. The Kier molecular flexibility index (Phi) is 5.65. The minimum Gasteiger partial charge on any atom is -0.458 e. The van der Waals surface area contributed by atoms with Crippen LogP contribution in [0.15, 0.2) is 73.8 Å². The molecule has 0 saturated carbocycles. The van der Waals surface area contributed by atoms with Crippen molar-refractivity contribution in [3.8, 4) is 11.5 Å². The number of para-hydroxylation sites is 1. The Morgan fingerprint density at radius 3 is 2.33 bits per heavy atom. The first-order valence-corrected chi connectivity index (χ1v) is 6.97. The van der Waals surface area contributed by atoms with Gasteiger partial charge >= 0.3 is 0 Å². The second-order valence-electron chi connectivity index (χ2n) is 4.65. The van der Waals surface area contributed by atoms with Gasteiger partial charge in [0.2, 0.25) is 6.79 Å². The number of allylic oxidation sites excluding steroid dienone is 2. The van der Waals surface area contributed by atoms with Crippen molar-refractivity contribution in [3.63, 3.8) is 0 Å². The van der Waals surface area contributed by atoms with E-state index in [0.717, 1.165) is 29.9 Å². The molecule has 0 amide bonds.